The molecule has 2 unspecified atom stereocenters. The smallest absolute Gasteiger partial charge is 0.220 e. The van der Waals surface area contributed by atoms with E-state index in [0.29, 0.717) is 5.75 Å². The molecular formula is C20H24FNO3. The first kappa shape index (κ1) is 18.9. The third-order valence-electron chi connectivity index (χ3n) is 3.88. The highest BCUT2D eigenvalue weighted by atomic mass is 19.1. The predicted octanol–water partition coefficient (Wildman–Crippen LogP) is 3.18. The van der Waals surface area contributed by atoms with E-state index in [4.69, 9.17) is 4.74 Å². The van der Waals surface area contributed by atoms with Gasteiger partial charge in [-0.25, -0.2) is 4.39 Å². The van der Waals surface area contributed by atoms with Gasteiger partial charge in [-0.1, -0.05) is 31.2 Å². The van der Waals surface area contributed by atoms with E-state index in [1.54, 1.807) is 12.1 Å². The lowest BCUT2D eigenvalue weighted by Crippen LogP contribution is -2.35. The summed E-state index contributed by atoms with van der Waals surface area (Å²) in [5, 5.41) is 12.6. The lowest BCUT2D eigenvalue weighted by molar-refractivity contribution is -0.121. The molecule has 2 aromatic rings. The molecule has 0 fully saturated rings. The van der Waals surface area contributed by atoms with Crippen molar-refractivity contribution < 1.29 is 19.0 Å². The number of carbonyl (C=O) groups excluding carboxylic acids is 1. The second kappa shape index (κ2) is 9.18. The van der Waals surface area contributed by atoms with E-state index in [2.05, 4.69) is 5.32 Å². The average Bonchev–Trinajstić information content (AvgIpc) is 2.58. The molecule has 2 atom stereocenters. The standard InChI is InChI=1S/C20H24FNO3/c1-14-5-3-8-19(9-14)25-13-18(23)12-22-20(24)10-15(2)16-6-4-7-17(21)11-16/h3-9,11,15,18,23H,10,12-13H2,1-2H3,(H,22,24). The third kappa shape index (κ3) is 6.55. The van der Waals surface area contributed by atoms with E-state index >= 15 is 0 Å². The Hall–Kier alpha value is -2.40. The molecule has 0 aliphatic carbocycles. The lowest BCUT2D eigenvalue weighted by Gasteiger charge is -2.15. The van der Waals surface area contributed by atoms with E-state index in [1.807, 2.05) is 38.1 Å². The maximum absolute atomic E-state index is 13.2. The number of aliphatic hydroxyl groups is 1. The highest BCUT2D eigenvalue weighted by Crippen LogP contribution is 2.19. The van der Waals surface area contributed by atoms with E-state index in [1.165, 1.54) is 12.1 Å². The molecule has 5 heteroatoms. The largest absolute Gasteiger partial charge is 0.491 e. The highest BCUT2D eigenvalue weighted by Gasteiger charge is 2.13. The van der Waals surface area contributed by atoms with Crippen LogP contribution in [0.15, 0.2) is 48.5 Å². The second-order valence-electron chi connectivity index (χ2n) is 6.25. The highest BCUT2D eigenvalue weighted by molar-refractivity contribution is 5.76. The summed E-state index contributed by atoms with van der Waals surface area (Å²) in [7, 11) is 0. The molecule has 0 spiro atoms. The Morgan fingerprint density at radius 3 is 2.72 bits per heavy atom. The van der Waals surface area contributed by atoms with Crippen molar-refractivity contribution in [3.63, 3.8) is 0 Å². The van der Waals surface area contributed by atoms with Crippen molar-refractivity contribution in [3.8, 4) is 5.75 Å². The summed E-state index contributed by atoms with van der Waals surface area (Å²) in [5.74, 6) is 0.0846. The number of rotatable bonds is 8. The molecule has 2 rings (SSSR count). The summed E-state index contributed by atoms with van der Waals surface area (Å²) in [5.41, 5.74) is 1.85. The summed E-state index contributed by atoms with van der Waals surface area (Å²) >= 11 is 0. The van der Waals surface area contributed by atoms with Crippen LogP contribution >= 0.6 is 0 Å². The van der Waals surface area contributed by atoms with E-state index in [-0.39, 0.29) is 37.2 Å². The molecule has 25 heavy (non-hydrogen) atoms. The summed E-state index contributed by atoms with van der Waals surface area (Å²) in [4.78, 5) is 12.0. The van der Waals surface area contributed by atoms with Crippen LogP contribution < -0.4 is 10.1 Å². The number of aliphatic hydroxyl groups excluding tert-OH is 1. The van der Waals surface area contributed by atoms with Crippen LogP contribution in [0.4, 0.5) is 4.39 Å². The fourth-order valence-corrected chi connectivity index (χ4v) is 2.47. The first-order valence-electron chi connectivity index (χ1n) is 8.33. The number of carbonyl (C=O) groups is 1. The molecule has 0 radical (unpaired) electrons. The van der Waals surface area contributed by atoms with Gasteiger partial charge in [-0.2, -0.15) is 0 Å². The molecule has 134 valence electrons. The van der Waals surface area contributed by atoms with E-state index in [9.17, 15) is 14.3 Å². The summed E-state index contributed by atoms with van der Waals surface area (Å²) in [6, 6.07) is 13.8. The first-order valence-corrected chi connectivity index (χ1v) is 8.33. The maximum atomic E-state index is 13.2. The maximum Gasteiger partial charge on any atom is 0.220 e. The van der Waals surface area contributed by atoms with Crippen LogP contribution in [0.2, 0.25) is 0 Å². The molecular weight excluding hydrogens is 321 g/mol. The molecule has 4 nitrogen and oxygen atoms in total. The molecule has 0 saturated heterocycles. The number of hydrogen-bond acceptors (Lipinski definition) is 3. The van der Waals surface area contributed by atoms with Gasteiger partial charge in [-0.05, 0) is 48.2 Å². The lowest BCUT2D eigenvalue weighted by atomic mass is 9.97. The average molecular weight is 345 g/mol. The third-order valence-corrected chi connectivity index (χ3v) is 3.88. The minimum Gasteiger partial charge on any atom is -0.491 e. The van der Waals surface area contributed by atoms with Crippen molar-refractivity contribution >= 4 is 5.91 Å². The van der Waals surface area contributed by atoms with Gasteiger partial charge in [0.25, 0.3) is 0 Å². The Bertz CT molecular complexity index is 705. The monoisotopic (exact) mass is 345 g/mol. The van der Waals surface area contributed by atoms with E-state index < -0.39 is 6.10 Å². The van der Waals surface area contributed by atoms with E-state index in [0.717, 1.165) is 11.1 Å². The van der Waals surface area contributed by atoms with Crippen LogP contribution in [0.1, 0.15) is 30.4 Å². The summed E-state index contributed by atoms with van der Waals surface area (Å²) in [6.45, 7) is 4.04. The Kier molecular flexibility index (Phi) is 6.95. The van der Waals surface area contributed by atoms with Crippen molar-refractivity contribution in [3.05, 3.63) is 65.5 Å². The van der Waals surface area contributed by atoms with Crippen molar-refractivity contribution in [2.45, 2.75) is 32.3 Å². The van der Waals surface area contributed by atoms with Crippen LogP contribution in [0.5, 0.6) is 5.75 Å². The van der Waals surface area contributed by atoms with Crippen LogP contribution in [-0.4, -0.2) is 30.3 Å². The van der Waals surface area contributed by atoms with Crippen LogP contribution in [0, 0.1) is 12.7 Å². The molecule has 0 aromatic heterocycles. The number of benzene rings is 2. The molecule has 2 N–H and O–H groups in total. The quantitative estimate of drug-likeness (QED) is 0.772. The van der Waals surface area contributed by atoms with Crippen molar-refractivity contribution in [1.29, 1.82) is 0 Å². The number of amides is 1. The molecule has 1 amide bonds. The SMILES string of the molecule is Cc1cccc(OCC(O)CNC(=O)CC(C)c2cccc(F)c2)c1. The molecule has 0 bridgehead atoms. The number of nitrogens with one attached hydrogen (secondary N) is 1. The fourth-order valence-electron chi connectivity index (χ4n) is 2.47. The van der Waals surface area contributed by atoms with Gasteiger partial charge in [0.05, 0.1) is 0 Å². The Morgan fingerprint density at radius 1 is 1.24 bits per heavy atom. The molecule has 0 aliphatic heterocycles. The summed E-state index contributed by atoms with van der Waals surface area (Å²) < 4.78 is 18.7. The predicted molar refractivity (Wildman–Crippen MR) is 95.1 cm³/mol. The topological polar surface area (TPSA) is 58.6 Å². The number of halogens is 1. The number of ether oxygens (including phenoxy) is 1. The Labute approximate surface area is 147 Å². The molecule has 0 heterocycles. The zero-order valence-corrected chi connectivity index (χ0v) is 14.5. The fraction of sp³-hybridized carbons (Fsp3) is 0.350. The van der Waals surface area contributed by atoms with Crippen molar-refractivity contribution in [2.24, 2.45) is 0 Å². The van der Waals surface area contributed by atoms with Crippen LogP contribution in [0.25, 0.3) is 0 Å². The molecule has 2 aromatic carbocycles. The van der Waals surface area contributed by atoms with Gasteiger partial charge < -0.3 is 15.2 Å². The van der Waals surface area contributed by atoms with Gasteiger partial charge in [0.1, 0.15) is 24.3 Å². The molecule has 0 aliphatic rings. The number of aryl methyl sites for hydroxylation is 1. The van der Waals surface area contributed by atoms with Gasteiger partial charge in [0.2, 0.25) is 5.91 Å². The van der Waals surface area contributed by atoms with Gasteiger partial charge in [-0.3, -0.25) is 4.79 Å². The van der Waals surface area contributed by atoms with Gasteiger partial charge in [0, 0.05) is 13.0 Å². The van der Waals surface area contributed by atoms with Gasteiger partial charge in [0.15, 0.2) is 0 Å². The summed E-state index contributed by atoms with van der Waals surface area (Å²) in [6.07, 6.45) is -0.566. The van der Waals surface area contributed by atoms with Gasteiger partial charge in [-0.15, -0.1) is 0 Å². The zero-order valence-electron chi connectivity index (χ0n) is 14.5. The second-order valence-corrected chi connectivity index (χ2v) is 6.25. The normalized spacial score (nSPS) is 13.1. The minimum absolute atomic E-state index is 0.100. The number of hydrogen-bond donors (Lipinski definition) is 2. The Morgan fingerprint density at radius 2 is 2.00 bits per heavy atom. The molecule has 0 saturated carbocycles. The van der Waals surface area contributed by atoms with Gasteiger partial charge >= 0.3 is 0 Å². The minimum atomic E-state index is -0.797. The van der Waals surface area contributed by atoms with Crippen LogP contribution in [0.3, 0.4) is 0 Å². The first-order chi connectivity index (χ1) is 11.9. The van der Waals surface area contributed by atoms with Crippen molar-refractivity contribution in [1.82, 2.24) is 5.32 Å². The van der Waals surface area contributed by atoms with Crippen molar-refractivity contribution in [2.75, 3.05) is 13.2 Å². The Balaban J connectivity index is 1.72. The zero-order chi connectivity index (χ0) is 18.2. The van der Waals surface area contributed by atoms with Crippen LogP contribution in [-0.2, 0) is 4.79 Å².